The largest absolute Gasteiger partial charge is 0.489 e. The van der Waals surface area contributed by atoms with Gasteiger partial charge < -0.3 is 20.1 Å². The molecule has 0 aliphatic carbocycles. The molecule has 23 heavy (non-hydrogen) atoms. The number of nitrogens with zero attached hydrogens (tertiary/aromatic N) is 1. The number of rotatable bonds is 4. The van der Waals surface area contributed by atoms with Crippen molar-refractivity contribution >= 4 is 17.6 Å². The van der Waals surface area contributed by atoms with Gasteiger partial charge in [0, 0.05) is 26.1 Å². The highest BCUT2D eigenvalue weighted by Gasteiger charge is 2.16. The molecule has 1 unspecified atom stereocenters. The van der Waals surface area contributed by atoms with E-state index in [0.717, 1.165) is 17.9 Å². The molecular formula is C17H26ClN3O2. The average Bonchev–Trinajstić information content (AvgIpc) is 2.76. The van der Waals surface area contributed by atoms with E-state index in [4.69, 9.17) is 21.1 Å². The summed E-state index contributed by atoms with van der Waals surface area (Å²) in [5.41, 5.74) is 1.03. The number of nitrogens with one attached hydrogen (secondary N) is 2. The third-order valence-corrected chi connectivity index (χ3v) is 4.19. The molecule has 1 atom stereocenters. The Kier molecular flexibility index (Phi) is 6.39. The minimum atomic E-state index is 0.341. The third kappa shape index (κ3) is 4.93. The molecule has 0 saturated carbocycles. The van der Waals surface area contributed by atoms with Gasteiger partial charge in [0.2, 0.25) is 0 Å². The second-order valence-electron chi connectivity index (χ2n) is 6.06. The third-order valence-electron chi connectivity index (χ3n) is 3.91. The Balaban J connectivity index is 2.03. The van der Waals surface area contributed by atoms with E-state index in [1.807, 2.05) is 12.1 Å². The van der Waals surface area contributed by atoms with E-state index in [-0.39, 0.29) is 0 Å². The maximum absolute atomic E-state index is 6.32. The van der Waals surface area contributed by atoms with E-state index in [1.165, 1.54) is 0 Å². The molecule has 128 valence electrons. The van der Waals surface area contributed by atoms with Crippen LogP contribution in [0.4, 0.5) is 0 Å². The van der Waals surface area contributed by atoms with Gasteiger partial charge in [0.05, 0.1) is 18.2 Å². The second kappa shape index (κ2) is 8.29. The Bertz CT molecular complexity index is 561. The molecule has 2 N–H and O–H groups in total. The summed E-state index contributed by atoms with van der Waals surface area (Å²) < 4.78 is 11.4. The Labute approximate surface area is 143 Å². The molecule has 5 nitrogen and oxygen atoms in total. The molecule has 6 heteroatoms. The summed E-state index contributed by atoms with van der Waals surface area (Å²) in [4.78, 5) is 4.26. The molecule has 0 spiro atoms. The van der Waals surface area contributed by atoms with Gasteiger partial charge in [-0.15, -0.1) is 0 Å². The Morgan fingerprint density at radius 2 is 2.00 bits per heavy atom. The lowest BCUT2D eigenvalue weighted by Crippen LogP contribution is -2.43. The van der Waals surface area contributed by atoms with E-state index in [2.05, 4.69) is 36.4 Å². The summed E-state index contributed by atoms with van der Waals surface area (Å²) >= 11 is 6.32. The Hall–Kier alpha value is -1.62. The molecule has 0 saturated heterocycles. The summed E-state index contributed by atoms with van der Waals surface area (Å²) in [6.07, 6.45) is 0.863. The average molecular weight is 340 g/mol. The van der Waals surface area contributed by atoms with Crippen LogP contribution < -0.4 is 20.1 Å². The molecule has 1 aromatic rings. The van der Waals surface area contributed by atoms with Crippen LogP contribution in [0, 0.1) is 5.92 Å². The normalized spacial score (nSPS) is 16.0. The molecular weight excluding hydrogens is 314 g/mol. The van der Waals surface area contributed by atoms with E-state index < -0.39 is 0 Å². The molecule has 0 amide bonds. The van der Waals surface area contributed by atoms with E-state index in [0.29, 0.717) is 48.2 Å². The first-order chi connectivity index (χ1) is 11.0. The van der Waals surface area contributed by atoms with Crippen LogP contribution in [0.2, 0.25) is 5.02 Å². The number of halogens is 1. The Morgan fingerprint density at radius 3 is 2.70 bits per heavy atom. The van der Waals surface area contributed by atoms with Crippen LogP contribution in [0.3, 0.4) is 0 Å². The van der Waals surface area contributed by atoms with Gasteiger partial charge in [-0.25, -0.2) is 0 Å². The van der Waals surface area contributed by atoms with E-state index in [9.17, 15) is 0 Å². The summed E-state index contributed by atoms with van der Waals surface area (Å²) in [6, 6.07) is 4.22. The van der Waals surface area contributed by atoms with Gasteiger partial charge in [0.15, 0.2) is 17.5 Å². The zero-order valence-electron chi connectivity index (χ0n) is 14.3. The van der Waals surface area contributed by atoms with Crippen molar-refractivity contribution in [2.24, 2.45) is 10.9 Å². The van der Waals surface area contributed by atoms with Crippen molar-refractivity contribution < 1.29 is 9.47 Å². The van der Waals surface area contributed by atoms with Crippen molar-refractivity contribution in [2.75, 3.05) is 20.3 Å². The summed E-state index contributed by atoms with van der Waals surface area (Å²) in [5.74, 6) is 2.66. The smallest absolute Gasteiger partial charge is 0.191 e. The second-order valence-corrected chi connectivity index (χ2v) is 6.47. The quantitative estimate of drug-likeness (QED) is 0.653. The van der Waals surface area contributed by atoms with E-state index >= 15 is 0 Å². The van der Waals surface area contributed by atoms with Crippen molar-refractivity contribution in [1.82, 2.24) is 10.6 Å². The van der Waals surface area contributed by atoms with Crippen LogP contribution in [-0.2, 0) is 6.54 Å². The minimum absolute atomic E-state index is 0.341. The highest BCUT2D eigenvalue weighted by Crippen LogP contribution is 2.37. The minimum Gasteiger partial charge on any atom is -0.489 e. The van der Waals surface area contributed by atoms with Crippen LogP contribution >= 0.6 is 11.6 Å². The SMILES string of the molecule is CN=C(NCc1cc(Cl)c2c(c1)OCCCO2)NC(C)C(C)C. The maximum atomic E-state index is 6.32. The van der Waals surface area contributed by atoms with Gasteiger partial charge >= 0.3 is 0 Å². The lowest BCUT2D eigenvalue weighted by Gasteiger charge is -2.21. The molecule has 2 rings (SSSR count). The highest BCUT2D eigenvalue weighted by atomic mass is 35.5. The van der Waals surface area contributed by atoms with Crippen molar-refractivity contribution in [3.8, 4) is 11.5 Å². The van der Waals surface area contributed by atoms with Gasteiger partial charge in [-0.2, -0.15) is 0 Å². The van der Waals surface area contributed by atoms with Gasteiger partial charge in [-0.3, -0.25) is 4.99 Å². The molecule has 0 bridgehead atoms. The van der Waals surface area contributed by atoms with Gasteiger partial charge in [0.1, 0.15) is 0 Å². The molecule has 0 aromatic heterocycles. The molecule has 1 aliphatic rings. The van der Waals surface area contributed by atoms with Crippen molar-refractivity contribution in [2.45, 2.75) is 39.8 Å². The maximum Gasteiger partial charge on any atom is 0.191 e. The number of fused-ring (bicyclic) bond motifs is 1. The fourth-order valence-corrected chi connectivity index (χ4v) is 2.44. The predicted octanol–water partition coefficient (Wildman–Crippen LogP) is 3.21. The first-order valence-corrected chi connectivity index (χ1v) is 8.44. The first kappa shape index (κ1) is 17.7. The monoisotopic (exact) mass is 339 g/mol. The number of aliphatic imine (C=N–C) groups is 1. The number of hydrogen-bond acceptors (Lipinski definition) is 3. The lowest BCUT2D eigenvalue weighted by atomic mass is 10.1. The predicted molar refractivity (Wildman–Crippen MR) is 94.7 cm³/mol. The fraction of sp³-hybridized carbons (Fsp3) is 0.588. The molecule has 1 aliphatic heterocycles. The van der Waals surface area contributed by atoms with E-state index in [1.54, 1.807) is 7.05 Å². The fourth-order valence-electron chi connectivity index (χ4n) is 2.15. The molecule has 1 heterocycles. The highest BCUT2D eigenvalue weighted by molar-refractivity contribution is 6.32. The number of benzene rings is 1. The topological polar surface area (TPSA) is 54.9 Å². The first-order valence-electron chi connectivity index (χ1n) is 8.06. The zero-order valence-corrected chi connectivity index (χ0v) is 15.0. The molecule has 0 radical (unpaired) electrons. The van der Waals surface area contributed by atoms with Crippen LogP contribution in [0.1, 0.15) is 32.8 Å². The molecule has 0 fully saturated rings. The van der Waals surface area contributed by atoms with Crippen molar-refractivity contribution in [3.05, 3.63) is 22.7 Å². The van der Waals surface area contributed by atoms with Gasteiger partial charge in [-0.05, 0) is 30.5 Å². The number of hydrogen-bond donors (Lipinski definition) is 2. The zero-order chi connectivity index (χ0) is 16.8. The summed E-state index contributed by atoms with van der Waals surface area (Å²) in [7, 11) is 1.77. The van der Waals surface area contributed by atoms with Crippen molar-refractivity contribution in [3.63, 3.8) is 0 Å². The standard InChI is InChI=1S/C17H26ClN3O2/c1-11(2)12(3)21-17(19-4)20-10-13-8-14(18)16-15(9-13)22-6-5-7-23-16/h8-9,11-12H,5-7,10H2,1-4H3,(H2,19,20,21). The summed E-state index contributed by atoms with van der Waals surface area (Å²) in [6.45, 7) is 8.38. The number of guanidine groups is 1. The van der Waals surface area contributed by atoms with Gasteiger partial charge in [-0.1, -0.05) is 25.4 Å². The van der Waals surface area contributed by atoms with Gasteiger partial charge in [0.25, 0.3) is 0 Å². The molecule has 1 aromatic carbocycles. The Morgan fingerprint density at radius 1 is 1.26 bits per heavy atom. The van der Waals surface area contributed by atoms with Crippen LogP contribution in [-0.4, -0.2) is 32.3 Å². The van der Waals surface area contributed by atoms with Crippen LogP contribution in [0.15, 0.2) is 17.1 Å². The lowest BCUT2D eigenvalue weighted by molar-refractivity contribution is 0.297. The van der Waals surface area contributed by atoms with Crippen LogP contribution in [0.5, 0.6) is 11.5 Å². The van der Waals surface area contributed by atoms with Crippen LogP contribution in [0.25, 0.3) is 0 Å². The number of ether oxygens (including phenoxy) is 2. The summed E-state index contributed by atoms with van der Waals surface area (Å²) in [5, 5.41) is 7.26. The van der Waals surface area contributed by atoms with Crippen molar-refractivity contribution in [1.29, 1.82) is 0 Å².